The molecular weight excluding hydrogens is 256 g/mol. The molecular formula is C11H16N2O4S. The summed E-state index contributed by atoms with van der Waals surface area (Å²) in [5.41, 5.74) is 0.457. The molecule has 0 aromatic carbocycles. The first kappa shape index (κ1) is 14.6. The van der Waals surface area contributed by atoms with Gasteiger partial charge in [-0.2, -0.15) is 11.8 Å². The van der Waals surface area contributed by atoms with E-state index in [9.17, 15) is 9.59 Å². The summed E-state index contributed by atoms with van der Waals surface area (Å²) in [5, 5.41) is 11.4. The lowest BCUT2D eigenvalue weighted by molar-refractivity contribution is -0.139. The predicted octanol–water partition coefficient (Wildman–Crippen LogP) is 1.23. The van der Waals surface area contributed by atoms with Crippen molar-refractivity contribution < 1.29 is 19.1 Å². The van der Waals surface area contributed by atoms with Gasteiger partial charge < -0.3 is 14.8 Å². The molecule has 6 nitrogen and oxygen atoms in total. The molecule has 1 amide bonds. The van der Waals surface area contributed by atoms with Gasteiger partial charge in [-0.25, -0.2) is 9.78 Å². The van der Waals surface area contributed by atoms with Crippen LogP contribution in [0.5, 0.6) is 0 Å². The van der Waals surface area contributed by atoms with Gasteiger partial charge in [0.1, 0.15) is 6.04 Å². The maximum absolute atomic E-state index is 11.8. The van der Waals surface area contributed by atoms with Crippen LogP contribution >= 0.6 is 11.8 Å². The number of nitrogens with one attached hydrogen (secondary N) is 1. The topological polar surface area (TPSA) is 92.4 Å². The highest BCUT2D eigenvalue weighted by molar-refractivity contribution is 7.98. The van der Waals surface area contributed by atoms with Gasteiger partial charge in [-0.3, -0.25) is 4.79 Å². The van der Waals surface area contributed by atoms with Crippen molar-refractivity contribution in [3.8, 4) is 0 Å². The molecule has 1 heterocycles. The predicted molar refractivity (Wildman–Crippen MR) is 67.9 cm³/mol. The molecule has 0 fully saturated rings. The number of oxazole rings is 1. The number of hydrogen-bond donors (Lipinski definition) is 2. The summed E-state index contributed by atoms with van der Waals surface area (Å²) in [5.74, 6) is -0.476. The van der Waals surface area contributed by atoms with Crippen molar-refractivity contribution in [1.82, 2.24) is 10.3 Å². The SMILES string of the molecule is CSCC[C@H](NC(=O)c1oc(C)nc1C)C(=O)O. The Bertz CT molecular complexity index is 444. The van der Waals surface area contributed by atoms with Gasteiger partial charge in [0.15, 0.2) is 5.89 Å². The van der Waals surface area contributed by atoms with E-state index in [4.69, 9.17) is 9.52 Å². The lowest BCUT2D eigenvalue weighted by Crippen LogP contribution is -2.41. The number of aryl methyl sites for hydroxylation is 2. The van der Waals surface area contributed by atoms with Crippen molar-refractivity contribution in [2.45, 2.75) is 26.3 Å². The number of nitrogens with zero attached hydrogens (tertiary/aromatic N) is 1. The number of aromatic nitrogens is 1. The van der Waals surface area contributed by atoms with Gasteiger partial charge in [-0.15, -0.1) is 0 Å². The zero-order valence-electron chi connectivity index (χ0n) is 10.5. The Balaban J connectivity index is 2.72. The maximum atomic E-state index is 11.8. The zero-order chi connectivity index (χ0) is 13.7. The number of carboxylic acids is 1. The van der Waals surface area contributed by atoms with Crippen molar-refractivity contribution in [1.29, 1.82) is 0 Å². The standard InChI is InChI=1S/C11H16N2O4S/c1-6-9(17-7(2)12-6)10(14)13-8(11(15)16)4-5-18-3/h8H,4-5H2,1-3H3,(H,13,14)(H,15,16)/t8-/m0/s1. The first-order valence-corrected chi connectivity index (χ1v) is 6.81. The molecule has 0 spiro atoms. The monoisotopic (exact) mass is 272 g/mol. The number of carbonyl (C=O) groups is 2. The second-order valence-corrected chi connectivity index (χ2v) is 4.78. The maximum Gasteiger partial charge on any atom is 0.326 e. The van der Waals surface area contributed by atoms with E-state index in [0.29, 0.717) is 23.8 Å². The van der Waals surface area contributed by atoms with Crippen LogP contribution < -0.4 is 5.32 Å². The summed E-state index contributed by atoms with van der Waals surface area (Å²) in [6.45, 7) is 3.27. The number of carboxylic acid groups (broad SMARTS) is 1. The van der Waals surface area contributed by atoms with E-state index < -0.39 is 17.9 Å². The minimum absolute atomic E-state index is 0.0721. The van der Waals surface area contributed by atoms with E-state index >= 15 is 0 Å². The van der Waals surface area contributed by atoms with Gasteiger partial charge >= 0.3 is 5.97 Å². The Kier molecular flexibility index (Phi) is 5.21. The van der Waals surface area contributed by atoms with Crippen LogP contribution in [0.4, 0.5) is 0 Å². The number of amides is 1. The third kappa shape index (κ3) is 3.76. The second kappa shape index (κ2) is 6.44. The van der Waals surface area contributed by atoms with E-state index in [1.165, 1.54) is 11.8 Å². The number of carbonyl (C=O) groups excluding carboxylic acids is 1. The van der Waals surface area contributed by atoms with Crippen molar-refractivity contribution in [2.24, 2.45) is 0 Å². The highest BCUT2D eigenvalue weighted by Gasteiger charge is 2.23. The highest BCUT2D eigenvalue weighted by Crippen LogP contribution is 2.10. The van der Waals surface area contributed by atoms with Crippen LogP contribution in [0.2, 0.25) is 0 Å². The summed E-state index contributed by atoms with van der Waals surface area (Å²) in [7, 11) is 0. The average Bonchev–Trinajstić information content (AvgIpc) is 2.63. The van der Waals surface area contributed by atoms with Crippen LogP contribution in [0.15, 0.2) is 4.42 Å². The molecule has 18 heavy (non-hydrogen) atoms. The Hall–Kier alpha value is -1.50. The van der Waals surface area contributed by atoms with Gasteiger partial charge in [0.2, 0.25) is 5.76 Å². The lowest BCUT2D eigenvalue weighted by Gasteiger charge is -2.12. The van der Waals surface area contributed by atoms with E-state index in [1.807, 2.05) is 6.26 Å². The molecule has 0 aliphatic carbocycles. The van der Waals surface area contributed by atoms with Crippen molar-refractivity contribution in [3.63, 3.8) is 0 Å². The lowest BCUT2D eigenvalue weighted by atomic mass is 10.2. The summed E-state index contributed by atoms with van der Waals surface area (Å²) in [6, 6.07) is -0.908. The zero-order valence-corrected chi connectivity index (χ0v) is 11.3. The number of rotatable bonds is 6. The summed E-state index contributed by atoms with van der Waals surface area (Å²) in [6.07, 6.45) is 2.25. The minimum Gasteiger partial charge on any atom is -0.480 e. The first-order chi connectivity index (χ1) is 8.45. The van der Waals surface area contributed by atoms with Crippen LogP contribution in [-0.4, -0.2) is 40.0 Å². The van der Waals surface area contributed by atoms with Gasteiger partial charge in [0, 0.05) is 6.92 Å². The molecule has 0 saturated carbocycles. The van der Waals surface area contributed by atoms with E-state index in [-0.39, 0.29) is 5.76 Å². The molecule has 0 bridgehead atoms. The molecule has 1 aromatic heterocycles. The van der Waals surface area contributed by atoms with Crippen LogP contribution in [-0.2, 0) is 4.79 Å². The van der Waals surface area contributed by atoms with E-state index in [1.54, 1.807) is 13.8 Å². The van der Waals surface area contributed by atoms with Crippen molar-refractivity contribution in [2.75, 3.05) is 12.0 Å². The fourth-order valence-electron chi connectivity index (χ4n) is 1.46. The van der Waals surface area contributed by atoms with Crippen molar-refractivity contribution >= 4 is 23.6 Å². The van der Waals surface area contributed by atoms with Gasteiger partial charge in [-0.1, -0.05) is 0 Å². The molecule has 0 aliphatic rings. The van der Waals surface area contributed by atoms with Gasteiger partial charge in [-0.05, 0) is 25.4 Å². The normalized spacial score (nSPS) is 12.2. The molecule has 0 saturated heterocycles. The summed E-state index contributed by atoms with van der Waals surface area (Å²) < 4.78 is 5.14. The third-order valence-corrected chi connectivity index (χ3v) is 2.97. The molecule has 7 heteroatoms. The van der Waals surface area contributed by atoms with Crippen LogP contribution in [0.3, 0.4) is 0 Å². The fourth-order valence-corrected chi connectivity index (χ4v) is 1.93. The molecule has 1 atom stereocenters. The smallest absolute Gasteiger partial charge is 0.326 e. The number of hydrogen-bond acceptors (Lipinski definition) is 5. The second-order valence-electron chi connectivity index (χ2n) is 3.79. The molecule has 2 N–H and O–H groups in total. The van der Waals surface area contributed by atoms with E-state index in [2.05, 4.69) is 10.3 Å². The molecule has 100 valence electrons. The number of thioether (sulfide) groups is 1. The van der Waals surface area contributed by atoms with E-state index in [0.717, 1.165) is 0 Å². The Morgan fingerprint density at radius 1 is 1.50 bits per heavy atom. The largest absolute Gasteiger partial charge is 0.480 e. The molecule has 0 aliphatic heterocycles. The molecule has 0 radical (unpaired) electrons. The summed E-state index contributed by atoms with van der Waals surface area (Å²) in [4.78, 5) is 26.8. The quantitative estimate of drug-likeness (QED) is 0.809. The van der Waals surface area contributed by atoms with Crippen LogP contribution in [0.25, 0.3) is 0 Å². The van der Waals surface area contributed by atoms with Crippen molar-refractivity contribution in [3.05, 3.63) is 17.3 Å². The third-order valence-electron chi connectivity index (χ3n) is 2.32. The molecule has 1 rings (SSSR count). The fraction of sp³-hybridized carbons (Fsp3) is 0.545. The molecule has 0 unspecified atom stereocenters. The van der Waals surface area contributed by atoms with Crippen LogP contribution in [0, 0.1) is 13.8 Å². The van der Waals surface area contributed by atoms with Gasteiger partial charge in [0.05, 0.1) is 5.69 Å². The minimum atomic E-state index is -1.05. The average molecular weight is 272 g/mol. The summed E-state index contributed by atoms with van der Waals surface area (Å²) >= 11 is 1.53. The Morgan fingerprint density at radius 2 is 2.17 bits per heavy atom. The Morgan fingerprint density at radius 3 is 2.61 bits per heavy atom. The van der Waals surface area contributed by atoms with Crippen LogP contribution in [0.1, 0.15) is 28.6 Å². The number of aliphatic carboxylic acids is 1. The highest BCUT2D eigenvalue weighted by atomic mass is 32.2. The Labute approximate surface area is 109 Å². The first-order valence-electron chi connectivity index (χ1n) is 5.42. The molecule has 1 aromatic rings. The van der Waals surface area contributed by atoms with Gasteiger partial charge in [0.25, 0.3) is 5.91 Å².